The van der Waals surface area contributed by atoms with E-state index in [1.807, 2.05) is 6.08 Å². The van der Waals surface area contributed by atoms with Gasteiger partial charge in [0.1, 0.15) is 5.78 Å². The molecule has 0 amide bonds. The highest BCUT2D eigenvalue weighted by molar-refractivity contribution is 5.87. The lowest BCUT2D eigenvalue weighted by Crippen LogP contribution is -2.56. The Morgan fingerprint density at radius 3 is 2.74 bits per heavy atom. The molecule has 0 bridgehead atoms. The van der Waals surface area contributed by atoms with Crippen LogP contribution in [0.3, 0.4) is 0 Å². The zero-order valence-electron chi connectivity index (χ0n) is 12.9. The van der Waals surface area contributed by atoms with Gasteiger partial charge in [0.05, 0.1) is 0 Å². The molecule has 0 unspecified atom stereocenters. The number of Topliss-reactive ketones (excluding diaryl/α,β-unsaturated/α-hetero) is 1. The summed E-state index contributed by atoms with van der Waals surface area (Å²) >= 11 is 0. The van der Waals surface area contributed by atoms with Crippen LogP contribution in [-0.4, -0.2) is 5.78 Å². The maximum atomic E-state index is 12.7. The Balaban J connectivity index is 2.42. The maximum absolute atomic E-state index is 12.7. The van der Waals surface area contributed by atoms with Crippen molar-refractivity contribution in [1.29, 1.82) is 0 Å². The molecule has 0 aromatic carbocycles. The number of fused-ring (bicyclic) bond motifs is 1. The van der Waals surface area contributed by atoms with E-state index in [0.717, 1.165) is 25.7 Å². The standard InChI is InChI=1S/C18H28O/c1-6-7-11-17(4)14(3)12-16(19)18(5)13(2)9-8-10-15(17)18/h6,8-9,13-15H,1,7,10-12H2,2-5H3/t13-,14+,15-,17+,18-/m0/s1. The number of rotatable bonds is 3. The Morgan fingerprint density at radius 2 is 2.11 bits per heavy atom. The number of hydrogen-bond donors (Lipinski definition) is 0. The summed E-state index contributed by atoms with van der Waals surface area (Å²) in [5, 5.41) is 0. The molecule has 1 fully saturated rings. The molecule has 0 aromatic rings. The quantitative estimate of drug-likeness (QED) is 0.667. The summed E-state index contributed by atoms with van der Waals surface area (Å²) in [6.45, 7) is 13.0. The lowest BCUT2D eigenvalue weighted by molar-refractivity contribution is -0.152. The zero-order valence-corrected chi connectivity index (χ0v) is 12.9. The van der Waals surface area contributed by atoms with Crippen molar-refractivity contribution in [2.75, 3.05) is 0 Å². The second-order valence-corrected chi connectivity index (χ2v) is 7.15. The van der Waals surface area contributed by atoms with Gasteiger partial charge in [-0.25, -0.2) is 0 Å². The Morgan fingerprint density at radius 1 is 1.42 bits per heavy atom. The lowest BCUT2D eigenvalue weighted by atomic mass is 9.45. The minimum atomic E-state index is -0.156. The molecule has 0 heterocycles. The van der Waals surface area contributed by atoms with Crippen molar-refractivity contribution in [1.82, 2.24) is 0 Å². The highest BCUT2D eigenvalue weighted by atomic mass is 16.1. The third-order valence-corrected chi connectivity index (χ3v) is 6.37. The summed E-state index contributed by atoms with van der Waals surface area (Å²) in [5.74, 6) is 1.82. The Hall–Kier alpha value is -0.850. The SMILES string of the molecule is C=CCC[C@]1(C)[C@H](C)CC(=O)[C@@]2(C)[C@@H](C)C=CC[C@@H]12. The highest BCUT2D eigenvalue weighted by Gasteiger charge is 2.57. The van der Waals surface area contributed by atoms with Crippen LogP contribution in [0.4, 0.5) is 0 Å². The Bertz CT molecular complexity index is 408. The van der Waals surface area contributed by atoms with Crippen molar-refractivity contribution in [3.63, 3.8) is 0 Å². The molecule has 1 heteroatoms. The van der Waals surface area contributed by atoms with Crippen molar-refractivity contribution in [2.24, 2.45) is 28.6 Å². The molecule has 0 radical (unpaired) electrons. The fraction of sp³-hybridized carbons (Fsp3) is 0.722. The molecular weight excluding hydrogens is 232 g/mol. The van der Waals surface area contributed by atoms with Gasteiger partial charge in [-0.1, -0.05) is 45.9 Å². The summed E-state index contributed by atoms with van der Waals surface area (Å²) in [5.41, 5.74) is 0.104. The van der Waals surface area contributed by atoms with Crippen molar-refractivity contribution in [3.8, 4) is 0 Å². The third-order valence-electron chi connectivity index (χ3n) is 6.37. The van der Waals surface area contributed by atoms with E-state index in [1.54, 1.807) is 0 Å². The minimum absolute atomic E-state index is 0.156. The summed E-state index contributed by atoms with van der Waals surface area (Å²) < 4.78 is 0. The van der Waals surface area contributed by atoms with Crippen molar-refractivity contribution in [2.45, 2.75) is 53.4 Å². The van der Waals surface area contributed by atoms with Crippen LogP contribution in [-0.2, 0) is 4.79 Å². The van der Waals surface area contributed by atoms with Crippen LogP contribution >= 0.6 is 0 Å². The first kappa shape index (κ1) is 14.6. The molecule has 0 N–H and O–H groups in total. The van der Waals surface area contributed by atoms with E-state index >= 15 is 0 Å². The molecule has 2 aliphatic rings. The molecule has 0 aromatic heterocycles. The van der Waals surface area contributed by atoms with Crippen LogP contribution in [0.5, 0.6) is 0 Å². The molecule has 2 aliphatic carbocycles. The maximum Gasteiger partial charge on any atom is 0.139 e. The van der Waals surface area contributed by atoms with E-state index < -0.39 is 0 Å². The van der Waals surface area contributed by atoms with E-state index in [0.29, 0.717) is 23.5 Å². The first-order valence-corrected chi connectivity index (χ1v) is 7.68. The number of carbonyl (C=O) groups excluding carboxylic acids is 1. The van der Waals surface area contributed by atoms with E-state index in [9.17, 15) is 4.79 Å². The van der Waals surface area contributed by atoms with Crippen LogP contribution < -0.4 is 0 Å². The first-order valence-electron chi connectivity index (χ1n) is 7.68. The van der Waals surface area contributed by atoms with E-state index in [4.69, 9.17) is 0 Å². The zero-order chi connectivity index (χ0) is 14.3. The molecule has 0 spiro atoms. The van der Waals surface area contributed by atoms with Crippen LogP contribution in [0.25, 0.3) is 0 Å². The van der Waals surface area contributed by atoms with Crippen molar-refractivity contribution >= 4 is 5.78 Å². The van der Waals surface area contributed by atoms with E-state index in [-0.39, 0.29) is 10.8 Å². The number of hydrogen-bond acceptors (Lipinski definition) is 1. The number of carbonyl (C=O) groups is 1. The molecule has 106 valence electrons. The van der Waals surface area contributed by atoms with Gasteiger partial charge in [-0.15, -0.1) is 6.58 Å². The van der Waals surface area contributed by atoms with Gasteiger partial charge in [0, 0.05) is 11.8 Å². The van der Waals surface area contributed by atoms with Crippen LogP contribution in [0.15, 0.2) is 24.8 Å². The van der Waals surface area contributed by atoms with E-state index in [2.05, 4.69) is 46.4 Å². The average Bonchev–Trinajstić information content (AvgIpc) is 2.37. The van der Waals surface area contributed by atoms with Gasteiger partial charge >= 0.3 is 0 Å². The molecule has 5 atom stereocenters. The highest BCUT2D eigenvalue weighted by Crippen LogP contribution is 2.60. The second-order valence-electron chi connectivity index (χ2n) is 7.15. The number of allylic oxidation sites excluding steroid dienone is 3. The fourth-order valence-electron chi connectivity index (χ4n) is 4.49. The van der Waals surface area contributed by atoms with Gasteiger partial charge < -0.3 is 0 Å². The topological polar surface area (TPSA) is 17.1 Å². The van der Waals surface area contributed by atoms with Gasteiger partial charge in [-0.05, 0) is 42.4 Å². The van der Waals surface area contributed by atoms with Crippen LogP contribution in [0.2, 0.25) is 0 Å². The molecule has 2 rings (SSSR count). The lowest BCUT2D eigenvalue weighted by Gasteiger charge is -2.57. The van der Waals surface area contributed by atoms with Crippen LogP contribution in [0.1, 0.15) is 53.4 Å². The minimum Gasteiger partial charge on any atom is -0.299 e. The summed E-state index contributed by atoms with van der Waals surface area (Å²) in [6, 6.07) is 0. The molecule has 1 saturated carbocycles. The van der Waals surface area contributed by atoms with Gasteiger partial charge in [-0.3, -0.25) is 4.79 Å². The van der Waals surface area contributed by atoms with Crippen molar-refractivity contribution in [3.05, 3.63) is 24.8 Å². The van der Waals surface area contributed by atoms with Gasteiger partial charge in [0.15, 0.2) is 0 Å². The third kappa shape index (κ3) is 2.02. The predicted octanol–water partition coefficient (Wildman–Crippen LogP) is 4.79. The predicted molar refractivity (Wildman–Crippen MR) is 80.8 cm³/mol. The van der Waals surface area contributed by atoms with Gasteiger partial charge in [-0.2, -0.15) is 0 Å². The van der Waals surface area contributed by atoms with Crippen LogP contribution in [0, 0.1) is 28.6 Å². The fourth-order valence-corrected chi connectivity index (χ4v) is 4.49. The summed E-state index contributed by atoms with van der Waals surface area (Å²) in [6.07, 6.45) is 10.6. The smallest absolute Gasteiger partial charge is 0.139 e. The summed E-state index contributed by atoms with van der Waals surface area (Å²) in [4.78, 5) is 12.7. The molecular formula is C18H28O. The molecule has 19 heavy (non-hydrogen) atoms. The monoisotopic (exact) mass is 260 g/mol. The molecule has 1 nitrogen and oxygen atoms in total. The van der Waals surface area contributed by atoms with Crippen molar-refractivity contribution < 1.29 is 4.79 Å². The molecule has 0 aliphatic heterocycles. The first-order chi connectivity index (χ1) is 8.87. The van der Waals surface area contributed by atoms with E-state index in [1.165, 1.54) is 0 Å². The Kier molecular flexibility index (Phi) is 3.77. The largest absolute Gasteiger partial charge is 0.299 e. The normalized spacial score (nSPS) is 45.9. The second kappa shape index (κ2) is 4.92. The Labute approximate surface area is 118 Å². The molecule has 0 saturated heterocycles. The number of ketones is 1. The average molecular weight is 260 g/mol. The van der Waals surface area contributed by atoms with Gasteiger partial charge in [0.2, 0.25) is 0 Å². The summed E-state index contributed by atoms with van der Waals surface area (Å²) in [7, 11) is 0. The van der Waals surface area contributed by atoms with Gasteiger partial charge in [0.25, 0.3) is 0 Å².